The van der Waals surface area contributed by atoms with Gasteiger partial charge in [0.25, 0.3) is 0 Å². The highest BCUT2D eigenvalue weighted by Gasteiger charge is 2.40. The zero-order valence-corrected chi connectivity index (χ0v) is 17.0. The minimum Gasteiger partial charge on any atom is -0.370 e. The summed E-state index contributed by atoms with van der Waals surface area (Å²) in [7, 11) is 0. The fraction of sp³-hybridized carbons (Fsp3) is 0.381. The highest BCUT2D eigenvalue weighted by Crippen LogP contribution is 2.37. The number of carbonyl (C=O) groups excluding carboxylic acids is 1. The van der Waals surface area contributed by atoms with Gasteiger partial charge in [0, 0.05) is 18.7 Å². The van der Waals surface area contributed by atoms with Crippen LogP contribution in [0.15, 0.2) is 30.5 Å². The van der Waals surface area contributed by atoms with E-state index in [1.807, 2.05) is 0 Å². The van der Waals surface area contributed by atoms with E-state index in [4.69, 9.17) is 0 Å². The first-order chi connectivity index (χ1) is 15.3. The lowest BCUT2D eigenvalue weighted by Crippen LogP contribution is -2.38. The molecule has 0 unspecified atom stereocenters. The molecule has 0 saturated carbocycles. The molecule has 5 rings (SSSR count). The van der Waals surface area contributed by atoms with Crippen molar-refractivity contribution in [1.82, 2.24) is 19.6 Å². The molecule has 168 valence electrons. The maximum atomic E-state index is 13.4. The average molecular weight is 448 g/mol. The molecule has 4 heterocycles. The number of carbonyl (C=O) groups is 1. The van der Waals surface area contributed by atoms with E-state index >= 15 is 0 Å². The molecule has 1 aromatic carbocycles. The van der Waals surface area contributed by atoms with E-state index < -0.39 is 11.9 Å². The van der Waals surface area contributed by atoms with E-state index in [0.717, 1.165) is 10.4 Å². The van der Waals surface area contributed by atoms with Crippen LogP contribution < -0.4 is 10.2 Å². The number of halogens is 4. The molecule has 3 aromatic rings. The summed E-state index contributed by atoms with van der Waals surface area (Å²) < 4.78 is 56.4. The summed E-state index contributed by atoms with van der Waals surface area (Å²) in [5, 5.41) is 11.1. The highest BCUT2D eigenvalue weighted by molar-refractivity contribution is 5.94. The van der Waals surface area contributed by atoms with E-state index in [-0.39, 0.29) is 36.1 Å². The molecular weight excluding hydrogens is 428 g/mol. The van der Waals surface area contributed by atoms with Crippen LogP contribution in [0.4, 0.5) is 29.1 Å². The maximum absolute atomic E-state index is 13.4. The van der Waals surface area contributed by atoms with Gasteiger partial charge in [-0.3, -0.25) is 4.79 Å². The van der Waals surface area contributed by atoms with Gasteiger partial charge < -0.3 is 10.2 Å². The largest absolute Gasteiger partial charge is 0.435 e. The molecule has 0 atom stereocenters. The zero-order chi connectivity index (χ0) is 22.5. The summed E-state index contributed by atoms with van der Waals surface area (Å²) in [5.41, 5.74) is 1.25. The number of alkyl halides is 3. The van der Waals surface area contributed by atoms with Crippen molar-refractivity contribution in [3.63, 3.8) is 0 Å². The van der Waals surface area contributed by atoms with Crippen LogP contribution in [0.3, 0.4) is 0 Å². The van der Waals surface area contributed by atoms with E-state index in [1.54, 1.807) is 23.0 Å². The number of anilines is 2. The van der Waals surface area contributed by atoms with Gasteiger partial charge in [-0.2, -0.15) is 23.4 Å². The van der Waals surface area contributed by atoms with Crippen molar-refractivity contribution in [2.24, 2.45) is 0 Å². The highest BCUT2D eigenvalue weighted by atomic mass is 19.4. The molecule has 2 aliphatic rings. The van der Waals surface area contributed by atoms with Gasteiger partial charge >= 0.3 is 6.18 Å². The summed E-state index contributed by atoms with van der Waals surface area (Å²) >= 11 is 0. The molecule has 0 aliphatic carbocycles. The molecule has 0 radical (unpaired) electrons. The third kappa shape index (κ3) is 3.51. The predicted molar refractivity (Wildman–Crippen MR) is 108 cm³/mol. The minimum absolute atomic E-state index is 0.111. The molecule has 7 nitrogen and oxygen atoms in total. The van der Waals surface area contributed by atoms with E-state index in [9.17, 15) is 22.4 Å². The Morgan fingerprint density at radius 2 is 1.91 bits per heavy atom. The maximum Gasteiger partial charge on any atom is 0.435 e. The smallest absolute Gasteiger partial charge is 0.370 e. The Hall–Kier alpha value is -3.37. The first-order valence-corrected chi connectivity index (χ1v) is 10.4. The second-order valence-electron chi connectivity index (χ2n) is 7.88. The normalized spacial score (nSPS) is 15.8. The Morgan fingerprint density at radius 1 is 1.12 bits per heavy atom. The van der Waals surface area contributed by atoms with Crippen LogP contribution in [-0.4, -0.2) is 38.6 Å². The van der Waals surface area contributed by atoms with Crippen molar-refractivity contribution in [3.05, 3.63) is 53.2 Å². The topological polar surface area (TPSA) is 68.0 Å². The third-order valence-electron chi connectivity index (χ3n) is 5.81. The summed E-state index contributed by atoms with van der Waals surface area (Å²) in [6, 6.07) is 5.87. The Morgan fingerprint density at radius 3 is 2.66 bits per heavy atom. The molecule has 0 bridgehead atoms. The van der Waals surface area contributed by atoms with Crippen LogP contribution in [0, 0.1) is 5.82 Å². The number of hydrogen-bond acceptors (Lipinski definition) is 4. The molecule has 0 fully saturated rings. The first kappa shape index (κ1) is 20.5. The lowest BCUT2D eigenvalue weighted by Gasteiger charge is -2.27. The van der Waals surface area contributed by atoms with E-state index in [0.29, 0.717) is 43.7 Å². The second kappa shape index (κ2) is 7.64. The molecule has 32 heavy (non-hydrogen) atoms. The molecule has 1 N–H and O–H groups in total. The van der Waals surface area contributed by atoms with Crippen molar-refractivity contribution in [2.75, 3.05) is 23.3 Å². The first-order valence-electron chi connectivity index (χ1n) is 10.4. The van der Waals surface area contributed by atoms with Crippen LogP contribution in [-0.2, 0) is 30.4 Å². The fourth-order valence-corrected chi connectivity index (χ4v) is 4.37. The second-order valence-corrected chi connectivity index (χ2v) is 7.88. The van der Waals surface area contributed by atoms with Gasteiger partial charge in [0.1, 0.15) is 18.2 Å². The molecule has 1 amide bonds. The van der Waals surface area contributed by atoms with Crippen molar-refractivity contribution >= 4 is 17.4 Å². The van der Waals surface area contributed by atoms with E-state index in [1.165, 1.54) is 17.0 Å². The van der Waals surface area contributed by atoms with Crippen LogP contribution in [0.5, 0.6) is 0 Å². The number of fused-ring (bicyclic) bond motifs is 2. The predicted octanol–water partition coefficient (Wildman–Crippen LogP) is 3.56. The van der Waals surface area contributed by atoms with Gasteiger partial charge in [-0.1, -0.05) is 0 Å². The van der Waals surface area contributed by atoms with Crippen molar-refractivity contribution < 1.29 is 22.4 Å². The summed E-state index contributed by atoms with van der Waals surface area (Å²) in [6.45, 7) is 0.652. The number of nitrogens with one attached hydrogen (secondary N) is 1. The standard InChI is InChI=1S/C21H20F4N6O/c22-13-5-7-14(8-6-13)31-16-4-2-10-29(17(16)11-27-31)18(32)12-30-20-15(3-1-9-26-20)19(28-30)21(23,24)25/h5-8,11,26H,1-4,9-10,12H2. The zero-order valence-electron chi connectivity index (χ0n) is 17.0. The monoisotopic (exact) mass is 448 g/mol. The van der Waals surface area contributed by atoms with Gasteiger partial charge in [-0.15, -0.1) is 0 Å². The third-order valence-corrected chi connectivity index (χ3v) is 5.81. The Kier molecular flexibility index (Phi) is 4.90. The molecular formula is C21H20F4N6O. The Labute approximate surface area is 180 Å². The van der Waals surface area contributed by atoms with Gasteiger partial charge in [-0.25, -0.2) is 13.8 Å². The fourth-order valence-electron chi connectivity index (χ4n) is 4.37. The lowest BCUT2D eigenvalue weighted by atomic mass is 10.1. The van der Waals surface area contributed by atoms with Gasteiger partial charge in [0.15, 0.2) is 5.69 Å². The number of hydrogen-bond donors (Lipinski definition) is 1. The van der Waals surface area contributed by atoms with Crippen molar-refractivity contribution in [2.45, 2.75) is 38.4 Å². The summed E-state index contributed by atoms with van der Waals surface area (Å²) in [5.74, 6) is -0.465. The van der Waals surface area contributed by atoms with Crippen LogP contribution in [0.1, 0.15) is 29.8 Å². The van der Waals surface area contributed by atoms with Gasteiger partial charge in [0.05, 0.1) is 23.3 Å². The van der Waals surface area contributed by atoms with Gasteiger partial charge in [0.2, 0.25) is 5.91 Å². The molecule has 2 aliphatic heterocycles. The minimum atomic E-state index is -4.58. The summed E-state index contributed by atoms with van der Waals surface area (Å²) in [6.07, 6.45) is -0.820. The van der Waals surface area contributed by atoms with Gasteiger partial charge in [-0.05, 0) is 49.9 Å². The molecule has 0 saturated heterocycles. The quantitative estimate of drug-likeness (QED) is 0.623. The van der Waals surface area contributed by atoms with Crippen LogP contribution in [0.2, 0.25) is 0 Å². The average Bonchev–Trinajstić information content (AvgIpc) is 3.36. The van der Waals surface area contributed by atoms with Crippen LogP contribution in [0.25, 0.3) is 5.69 Å². The number of rotatable bonds is 3. The molecule has 0 spiro atoms. The number of benzene rings is 1. The summed E-state index contributed by atoms with van der Waals surface area (Å²) in [4.78, 5) is 14.7. The number of nitrogens with zero attached hydrogens (tertiary/aromatic N) is 5. The molecule has 11 heteroatoms. The lowest BCUT2D eigenvalue weighted by molar-refractivity contribution is -0.142. The Bertz CT molecular complexity index is 1160. The Balaban J connectivity index is 1.44. The molecule has 2 aromatic heterocycles. The van der Waals surface area contributed by atoms with Crippen molar-refractivity contribution in [1.29, 1.82) is 0 Å². The number of aromatic nitrogens is 4. The van der Waals surface area contributed by atoms with Crippen molar-refractivity contribution in [3.8, 4) is 5.69 Å². The van der Waals surface area contributed by atoms with E-state index in [2.05, 4.69) is 15.5 Å². The number of amides is 1. The van der Waals surface area contributed by atoms with Crippen LogP contribution >= 0.6 is 0 Å². The SMILES string of the molecule is O=C(Cn1nc(C(F)(F)F)c2c1NCCC2)N1CCCc2c1cnn2-c1ccc(F)cc1.